The molecule has 2 amide bonds. The van der Waals surface area contributed by atoms with Crippen LogP contribution < -0.4 is 19.9 Å². The predicted molar refractivity (Wildman–Crippen MR) is 116 cm³/mol. The first-order valence-electron chi connectivity index (χ1n) is 9.47. The summed E-state index contributed by atoms with van der Waals surface area (Å²) in [6, 6.07) is 10.5. The molecule has 7 nitrogen and oxygen atoms in total. The van der Waals surface area contributed by atoms with Gasteiger partial charge in [-0.2, -0.15) is 0 Å². The Morgan fingerprint density at radius 2 is 1.79 bits per heavy atom. The molecule has 29 heavy (non-hydrogen) atoms. The van der Waals surface area contributed by atoms with E-state index in [4.69, 9.17) is 21.4 Å². The summed E-state index contributed by atoms with van der Waals surface area (Å²) >= 11 is 5.22. The Balaban J connectivity index is 1.89. The third-order valence-corrected chi connectivity index (χ3v) is 4.77. The van der Waals surface area contributed by atoms with Crippen molar-refractivity contribution in [2.75, 3.05) is 29.5 Å². The molecule has 0 atom stereocenters. The number of rotatable bonds is 7. The van der Waals surface area contributed by atoms with Crippen molar-refractivity contribution in [1.82, 2.24) is 5.32 Å². The second kappa shape index (κ2) is 8.91. The lowest BCUT2D eigenvalue weighted by Crippen LogP contribution is -2.54. The molecule has 0 bridgehead atoms. The maximum absolute atomic E-state index is 13.0. The number of carbonyl (C=O) groups excluding carboxylic acids is 2. The molecule has 0 radical (unpaired) electrons. The standard InChI is InChI=1S/C21H23N3O4S/c1-4-23(5-2)18-12-11-16(28-18)13-17-19(25)22-21(29)24(20(17)26)14-7-9-15(10-8-14)27-6-3/h7-13H,4-6H2,1-3H3,(H,22,25,29). The van der Waals surface area contributed by atoms with E-state index in [9.17, 15) is 9.59 Å². The van der Waals surface area contributed by atoms with Crippen molar-refractivity contribution >= 4 is 46.8 Å². The van der Waals surface area contributed by atoms with E-state index >= 15 is 0 Å². The van der Waals surface area contributed by atoms with Crippen molar-refractivity contribution in [2.24, 2.45) is 0 Å². The van der Waals surface area contributed by atoms with E-state index in [1.807, 2.05) is 31.7 Å². The van der Waals surface area contributed by atoms with Gasteiger partial charge in [-0.05, 0) is 69.4 Å². The largest absolute Gasteiger partial charge is 0.494 e. The second-order valence-electron chi connectivity index (χ2n) is 6.23. The number of furan rings is 1. The van der Waals surface area contributed by atoms with Crippen molar-refractivity contribution in [1.29, 1.82) is 0 Å². The third kappa shape index (κ3) is 4.32. The van der Waals surface area contributed by atoms with Crippen LogP contribution in [0.15, 0.2) is 46.4 Å². The second-order valence-corrected chi connectivity index (χ2v) is 6.62. The summed E-state index contributed by atoms with van der Waals surface area (Å²) in [6.45, 7) is 8.07. The van der Waals surface area contributed by atoms with Gasteiger partial charge in [0.05, 0.1) is 12.3 Å². The highest BCUT2D eigenvalue weighted by molar-refractivity contribution is 7.80. The maximum Gasteiger partial charge on any atom is 0.270 e. The maximum atomic E-state index is 13.0. The fraction of sp³-hybridized carbons (Fsp3) is 0.286. The molecule has 3 rings (SSSR count). The summed E-state index contributed by atoms with van der Waals surface area (Å²) in [4.78, 5) is 28.8. The van der Waals surface area contributed by atoms with Gasteiger partial charge in [-0.1, -0.05) is 0 Å². The van der Waals surface area contributed by atoms with Gasteiger partial charge in [0.25, 0.3) is 11.8 Å². The summed E-state index contributed by atoms with van der Waals surface area (Å²) < 4.78 is 11.2. The minimum atomic E-state index is -0.553. The Bertz CT molecular complexity index is 945. The van der Waals surface area contributed by atoms with Gasteiger partial charge in [0, 0.05) is 19.2 Å². The SMILES string of the molecule is CCOc1ccc(N2C(=O)C(=Cc3ccc(N(CC)CC)o3)C(=O)NC2=S)cc1. The van der Waals surface area contributed by atoms with Crippen LogP contribution in [-0.2, 0) is 9.59 Å². The Labute approximate surface area is 174 Å². The molecule has 1 N–H and O–H groups in total. The summed E-state index contributed by atoms with van der Waals surface area (Å²) in [5.41, 5.74) is 0.491. The van der Waals surface area contributed by atoms with Crippen LogP contribution in [0.5, 0.6) is 5.75 Å². The van der Waals surface area contributed by atoms with Crippen molar-refractivity contribution in [2.45, 2.75) is 20.8 Å². The van der Waals surface area contributed by atoms with E-state index in [0.29, 0.717) is 29.7 Å². The lowest BCUT2D eigenvalue weighted by Gasteiger charge is -2.28. The molecule has 1 fully saturated rings. The number of amides is 2. The van der Waals surface area contributed by atoms with E-state index < -0.39 is 11.8 Å². The van der Waals surface area contributed by atoms with E-state index in [2.05, 4.69) is 5.32 Å². The van der Waals surface area contributed by atoms with Crippen LogP contribution in [0.2, 0.25) is 0 Å². The topological polar surface area (TPSA) is 75.0 Å². The quantitative estimate of drug-likeness (QED) is 0.426. The van der Waals surface area contributed by atoms with Crippen molar-refractivity contribution in [3.8, 4) is 5.75 Å². The van der Waals surface area contributed by atoms with Crippen LogP contribution in [0.25, 0.3) is 6.08 Å². The Morgan fingerprint density at radius 3 is 2.41 bits per heavy atom. The van der Waals surface area contributed by atoms with E-state index in [1.165, 1.54) is 11.0 Å². The fourth-order valence-corrected chi connectivity index (χ4v) is 3.30. The minimum absolute atomic E-state index is 0.0320. The number of nitrogens with one attached hydrogen (secondary N) is 1. The summed E-state index contributed by atoms with van der Waals surface area (Å²) in [7, 11) is 0. The highest BCUT2D eigenvalue weighted by atomic mass is 32.1. The molecule has 1 aromatic carbocycles. The summed E-state index contributed by atoms with van der Waals surface area (Å²) in [5.74, 6) is 0.729. The van der Waals surface area contributed by atoms with E-state index in [0.717, 1.165) is 13.1 Å². The number of benzene rings is 1. The number of ether oxygens (including phenoxy) is 1. The predicted octanol–water partition coefficient (Wildman–Crippen LogP) is 3.36. The highest BCUT2D eigenvalue weighted by Crippen LogP contribution is 2.26. The van der Waals surface area contributed by atoms with Crippen LogP contribution in [0.3, 0.4) is 0 Å². The fourth-order valence-electron chi connectivity index (χ4n) is 3.02. The molecule has 0 spiro atoms. The Morgan fingerprint density at radius 1 is 1.10 bits per heavy atom. The van der Waals surface area contributed by atoms with Crippen molar-refractivity contribution in [3.05, 3.63) is 47.7 Å². The minimum Gasteiger partial charge on any atom is -0.494 e. The molecule has 2 aromatic rings. The van der Waals surface area contributed by atoms with Crippen molar-refractivity contribution in [3.63, 3.8) is 0 Å². The summed E-state index contributed by atoms with van der Waals surface area (Å²) in [5, 5.41) is 2.60. The smallest absolute Gasteiger partial charge is 0.270 e. The van der Waals surface area contributed by atoms with Gasteiger partial charge >= 0.3 is 0 Å². The molecule has 8 heteroatoms. The number of nitrogens with zero attached hydrogens (tertiary/aromatic N) is 2. The van der Waals surface area contributed by atoms with Crippen LogP contribution >= 0.6 is 12.2 Å². The first-order valence-corrected chi connectivity index (χ1v) is 9.88. The average Bonchev–Trinajstić information content (AvgIpc) is 3.16. The van der Waals surface area contributed by atoms with Gasteiger partial charge in [0.1, 0.15) is 17.1 Å². The van der Waals surface area contributed by atoms with Gasteiger partial charge in [0.15, 0.2) is 11.0 Å². The molecule has 0 aliphatic carbocycles. The third-order valence-electron chi connectivity index (χ3n) is 4.48. The average molecular weight is 413 g/mol. The van der Waals surface area contributed by atoms with Crippen molar-refractivity contribution < 1.29 is 18.7 Å². The zero-order valence-electron chi connectivity index (χ0n) is 16.6. The Kier molecular flexibility index (Phi) is 6.33. The molecule has 1 aliphatic heterocycles. The van der Waals surface area contributed by atoms with E-state index in [-0.39, 0.29) is 10.7 Å². The molecule has 1 aliphatic rings. The number of thiocarbonyl (C=S) groups is 1. The number of anilines is 2. The molecule has 0 unspecified atom stereocenters. The van der Waals surface area contributed by atoms with Crippen LogP contribution in [-0.4, -0.2) is 36.6 Å². The lowest BCUT2D eigenvalue weighted by molar-refractivity contribution is -0.122. The van der Waals surface area contributed by atoms with Gasteiger partial charge in [0.2, 0.25) is 0 Å². The molecular formula is C21H23N3O4S. The number of hydrogen-bond donors (Lipinski definition) is 1. The number of carbonyl (C=O) groups is 2. The van der Waals surface area contributed by atoms with Gasteiger partial charge < -0.3 is 14.1 Å². The van der Waals surface area contributed by atoms with E-state index in [1.54, 1.807) is 30.3 Å². The highest BCUT2D eigenvalue weighted by Gasteiger charge is 2.34. The monoisotopic (exact) mass is 413 g/mol. The zero-order valence-corrected chi connectivity index (χ0v) is 17.4. The molecule has 0 saturated carbocycles. The first-order chi connectivity index (χ1) is 14.0. The van der Waals surface area contributed by atoms with Gasteiger partial charge in [-0.25, -0.2) is 0 Å². The molecule has 152 valence electrons. The number of hydrogen-bond acceptors (Lipinski definition) is 6. The van der Waals surface area contributed by atoms with Gasteiger partial charge in [-0.3, -0.25) is 19.8 Å². The Hall–Kier alpha value is -3.13. The normalized spacial score (nSPS) is 15.6. The zero-order chi connectivity index (χ0) is 21.0. The molecule has 2 heterocycles. The molecule has 1 saturated heterocycles. The first kappa shape index (κ1) is 20.6. The lowest BCUT2D eigenvalue weighted by atomic mass is 10.1. The van der Waals surface area contributed by atoms with Gasteiger partial charge in [-0.15, -0.1) is 0 Å². The molecular weight excluding hydrogens is 390 g/mol. The summed E-state index contributed by atoms with van der Waals surface area (Å²) in [6.07, 6.45) is 1.44. The molecule has 1 aromatic heterocycles. The van der Waals surface area contributed by atoms with Crippen LogP contribution in [0.4, 0.5) is 11.6 Å². The van der Waals surface area contributed by atoms with Crippen LogP contribution in [0, 0.1) is 0 Å². The van der Waals surface area contributed by atoms with Crippen LogP contribution in [0.1, 0.15) is 26.5 Å².